The van der Waals surface area contributed by atoms with Gasteiger partial charge in [0.2, 0.25) is 5.91 Å². The maximum atomic E-state index is 12.3. The van der Waals surface area contributed by atoms with Crippen molar-refractivity contribution in [2.45, 2.75) is 32.7 Å². The first-order valence-corrected chi connectivity index (χ1v) is 13.2. The maximum Gasteiger partial charge on any atom is 0.329 e. The molecule has 2 aliphatic heterocycles. The second-order valence-electron chi connectivity index (χ2n) is 9.91. The third-order valence-electron chi connectivity index (χ3n) is 7.23. The van der Waals surface area contributed by atoms with Gasteiger partial charge in [0.05, 0.1) is 6.20 Å². The molecule has 9 heteroatoms. The number of fused-ring (bicyclic) bond motifs is 1. The molecule has 0 saturated carbocycles. The number of hydrogen-bond acceptors (Lipinski definition) is 5. The number of halogens is 1. The SMILES string of the molecule is Cn1c(N2CCC(=O)NC2=O)cnc1-c1ccc2c(c1)CN(Cc1ccc(OCc3ccccc3Cl)cc1)C2. The predicted octanol–water partition coefficient (Wildman–Crippen LogP) is 5.28. The van der Waals surface area contributed by atoms with E-state index in [-0.39, 0.29) is 12.3 Å². The van der Waals surface area contributed by atoms with E-state index < -0.39 is 6.03 Å². The summed E-state index contributed by atoms with van der Waals surface area (Å²) in [6.45, 7) is 3.35. The second-order valence-corrected chi connectivity index (χ2v) is 10.3. The lowest BCUT2D eigenvalue weighted by molar-refractivity contribution is -0.120. The number of anilines is 1. The minimum Gasteiger partial charge on any atom is -0.489 e. The molecular formula is C30H28ClN5O3. The lowest BCUT2D eigenvalue weighted by atomic mass is 10.1. The van der Waals surface area contributed by atoms with Crippen molar-refractivity contribution in [3.05, 3.63) is 100 Å². The number of carbonyl (C=O) groups excluding carboxylic acids is 2. The highest BCUT2D eigenvalue weighted by molar-refractivity contribution is 6.31. The summed E-state index contributed by atoms with van der Waals surface area (Å²) in [7, 11) is 1.89. The Kier molecular flexibility index (Phi) is 6.81. The predicted molar refractivity (Wildman–Crippen MR) is 149 cm³/mol. The molecule has 0 unspecified atom stereocenters. The van der Waals surface area contributed by atoms with Gasteiger partial charge in [0.25, 0.3) is 0 Å². The molecule has 198 valence electrons. The van der Waals surface area contributed by atoms with E-state index in [9.17, 15) is 9.59 Å². The number of aromatic nitrogens is 2. The number of urea groups is 1. The second kappa shape index (κ2) is 10.6. The van der Waals surface area contributed by atoms with Crippen molar-refractivity contribution in [1.29, 1.82) is 0 Å². The number of imidazole rings is 1. The molecule has 2 aliphatic rings. The average Bonchev–Trinajstić information content (AvgIpc) is 3.51. The van der Waals surface area contributed by atoms with Crippen LogP contribution in [0, 0.1) is 0 Å². The van der Waals surface area contributed by atoms with Crippen LogP contribution in [0.4, 0.5) is 10.6 Å². The van der Waals surface area contributed by atoms with E-state index in [1.807, 2.05) is 48.0 Å². The minimum atomic E-state index is -0.411. The lowest BCUT2D eigenvalue weighted by Gasteiger charge is -2.26. The van der Waals surface area contributed by atoms with Crippen LogP contribution in [0.2, 0.25) is 5.02 Å². The van der Waals surface area contributed by atoms with Crippen LogP contribution in [0.15, 0.2) is 72.9 Å². The van der Waals surface area contributed by atoms with Gasteiger partial charge in [-0.15, -0.1) is 0 Å². The Labute approximate surface area is 231 Å². The molecule has 0 spiro atoms. The van der Waals surface area contributed by atoms with Crippen molar-refractivity contribution in [2.24, 2.45) is 7.05 Å². The monoisotopic (exact) mass is 541 g/mol. The molecule has 0 aliphatic carbocycles. The van der Waals surface area contributed by atoms with Crippen LogP contribution in [0.25, 0.3) is 11.4 Å². The molecular weight excluding hydrogens is 514 g/mol. The highest BCUT2D eigenvalue weighted by atomic mass is 35.5. The molecule has 6 rings (SSSR count). The van der Waals surface area contributed by atoms with Crippen LogP contribution in [0.5, 0.6) is 5.75 Å². The summed E-state index contributed by atoms with van der Waals surface area (Å²) in [6.07, 6.45) is 1.96. The first-order chi connectivity index (χ1) is 18.9. The molecule has 1 saturated heterocycles. The standard InChI is InChI=1S/C30H28ClN5O3/c1-34-28(36-13-12-27(37)33-30(36)38)15-32-29(34)21-8-9-22-17-35(18-24(22)14-21)16-20-6-10-25(11-7-20)39-19-23-4-2-3-5-26(23)31/h2-11,14-15H,12-13,16-19H2,1H3,(H,33,37,38). The van der Waals surface area contributed by atoms with Crippen molar-refractivity contribution in [1.82, 2.24) is 19.8 Å². The summed E-state index contributed by atoms with van der Waals surface area (Å²) in [4.78, 5) is 32.4. The summed E-state index contributed by atoms with van der Waals surface area (Å²) < 4.78 is 7.82. The molecule has 3 amide bonds. The van der Waals surface area contributed by atoms with Crippen LogP contribution in [-0.2, 0) is 38.1 Å². The molecule has 3 heterocycles. The molecule has 39 heavy (non-hydrogen) atoms. The number of imide groups is 1. The number of nitrogens with one attached hydrogen (secondary N) is 1. The van der Waals surface area contributed by atoms with Gasteiger partial charge >= 0.3 is 6.03 Å². The number of carbonyl (C=O) groups is 2. The minimum absolute atomic E-state index is 0.250. The first kappa shape index (κ1) is 25.2. The normalized spacial score (nSPS) is 15.4. The summed E-state index contributed by atoms with van der Waals surface area (Å²) in [5.41, 5.74) is 5.77. The van der Waals surface area contributed by atoms with Gasteiger partial charge < -0.3 is 9.30 Å². The Morgan fingerprint density at radius 1 is 1.00 bits per heavy atom. The molecule has 1 N–H and O–H groups in total. The average molecular weight is 542 g/mol. The van der Waals surface area contributed by atoms with Crippen LogP contribution in [0.3, 0.4) is 0 Å². The lowest BCUT2D eigenvalue weighted by Crippen LogP contribution is -2.50. The Balaban J connectivity index is 1.09. The first-order valence-electron chi connectivity index (χ1n) is 12.9. The van der Waals surface area contributed by atoms with E-state index in [1.54, 1.807) is 11.1 Å². The van der Waals surface area contributed by atoms with Gasteiger partial charge in [0.15, 0.2) is 0 Å². The molecule has 3 aromatic carbocycles. The van der Waals surface area contributed by atoms with Crippen molar-refractivity contribution < 1.29 is 14.3 Å². The molecule has 4 aromatic rings. The fraction of sp³-hybridized carbons (Fsp3) is 0.233. The maximum absolute atomic E-state index is 12.3. The fourth-order valence-electron chi connectivity index (χ4n) is 5.14. The zero-order chi connectivity index (χ0) is 26.9. The molecule has 8 nitrogen and oxygen atoms in total. The summed E-state index contributed by atoms with van der Waals surface area (Å²) in [6, 6.07) is 22.0. The smallest absolute Gasteiger partial charge is 0.329 e. The zero-order valence-corrected chi connectivity index (χ0v) is 22.3. The van der Waals surface area contributed by atoms with Crippen LogP contribution in [-0.4, -0.2) is 32.9 Å². The van der Waals surface area contributed by atoms with E-state index in [1.165, 1.54) is 16.7 Å². The van der Waals surface area contributed by atoms with Gasteiger partial charge in [-0.2, -0.15) is 0 Å². The van der Waals surface area contributed by atoms with Crippen LogP contribution >= 0.6 is 11.6 Å². The Morgan fingerprint density at radius 2 is 1.79 bits per heavy atom. The van der Waals surface area contributed by atoms with Gasteiger partial charge in [0, 0.05) is 55.8 Å². The zero-order valence-electron chi connectivity index (χ0n) is 21.6. The van der Waals surface area contributed by atoms with Crippen molar-refractivity contribution in [3.63, 3.8) is 0 Å². The third-order valence-corrected chi connectivity index (χ3v) is 7.60. The highest BCUT2D eigenvalue weighted by Crippen LogP contribution is 2.31. The molecule has 0 radical (unpaired) electrons. The molecule has 1 fully saturated rings. The molecule has 0 bridgehead atoms. The molecule has 1 aromatic heterocycles. The quantitative estimate of drug-likeness (QED) is 0.344. The number of benzene rings is 3. The van der Waals surface area contributed by atoms with E-state index in [0.717, 1.165) is 42.3 Å². The topological polar surface area (TPSA) is 79.7 Å². The fourth-order valence-corrected chi connectivity index (χ4v) is 5.33. The van der Waals surface area contributed by atoms with Crippen molar-refractivity contribution in [3.8, 4) is 17.1 Å². The number of rotatable bonds is 7. The van der Waals surface area contributed by atoms with Gasteiger partial charge in [-0.05, 0) is 41.0 Å². The van der Waals surface area contributed by atoms with Gasteiger partial charge in [-0.3, -0.25) is 19.9 Å². The molecule has 0 atom stereocenters. The van der Waals surface area contributed by atoms with E-state index >= 15 is 0 Å². The van der Waals surface area contributed by atoms with Crippen molar-refractivity contribution in [2.75, 3.05) is 11.4 Å². The number of amides is 3. The largest absolute Gasteiger partial charge is 0.489 e. The Bertz CT molecular complexity index is 1550. The van der Waals surface area contributed by atoms with Crippen LogP contribution < -0.4 is 15.0 Å². The van der Waals surface area contributed by atoms with E-state index in [0.29, 0.717) is 24.0 Å². The third kappa shape index (κ3) is 5.26. The number of ether oxygens (including phenoxy) is 1. The van der Waals surface area contributed by atoms with Gasteiger partial charge in [-0.1, -0.05) is 54.1 Å². The van der Waals surface area contributed by atoms with Crippen LogP contribution in [0.1, 0.15) is 28.7 Å². The Hall–Kier alpha value is -4.14. The number of nitrogens with zero attached hydrogens (tertiary/aromatic N) is 4. The summed E-state index contributed by atoms with van der Waals surface area (Å²) in [5, 5.41) is 3.08. The van der Waals surface area contributed by atoms with Gasteiger partial charge in [0.1, 0.15) is 24.0 Å². The number of hydrogen-bond donors (Lipinski definition) is 1. The Morgan fingerprint density at radius 3 is 2.59 bits per heavy atom. The summed E-state index contributed by atoms with van der Waals surface area (Å²) >= 11 is 6.23. The summed E-state index contributed by atoms with van der Waals surface area (Å²) in [5.74, 6) is 2.01. The van der Waals surface area contributed by atoms with Crippen molar-refractivity contribution >= 4 is 29.4 Å². The van der Waals surface area contributed by atoms with E-state index in [2.05, 4.69) is 45.5 Å². The highest BCUT2D eigenvalue weighted by Gasteiger charge is 2.27. The van der Waals surface area contributed by atoms with E-state index in [4.69, 9.17) is 16.3 Å². The van der Waals surface area contributed by atoms with Gasteiger partial charge in [-0.25, -0.2) is 9.78 Å².